The van der Waals surface area contributed by atoms with E-state index < -0.39 is 46.2 Å². The molecule has 2 aromatic heterocycles. The van der Waals surface area contributed by atoms with Gasteiger partial charge in [0.1, 0.15) is 107 Å². The Bertz CT molecular complexity index is 4200. The van der Waals surface area contributed by atoms with Gasteiger partial charge in [0.15, 0.2) is 34.6 Å². The first-order valence-corrected chi connectivity index (χ1v) is 40.1. The molecule has 0 radical (unpaired) electrons. The number of carbonyl (C=O) groups is 2. The molecule has 0 aliphatic heterocycles. The number of hydrogen-bond donors (Lipinski definition) is 0. The Morgan fingerprint density at radius 1 is 0.236 bits per heavy atom. The summed E-state index contributed by atoms with van der Waals surface area (Å²) in [7, 11) is -17.1. The first kappa shape index (κ1) is 89.0. The maximum absolute atomic E-state index is 9.75. The van der Waals surface area contributed by atoms with Crippen LogP contribution in [-0.2, 0) is 43.7 Å². The molecule has 0 unspecified atom stereocenters. The zero-order valence-corrected chi connectivity index (χ0v) is 65.9. The monoisotopic (exact) mass is 1650 g/mol. The van der Waals surface area contributed by atoms with Gasteiger partial charge in [0.05, 0.1) is 0 Å². The molecule has 14 rings (SSSR count). The van der Waals surface area contributed by atoms with E-state index >= 15 is 0 Å². The van der Waals surface area contributed by atoms with Crippen LogP contribution in [0.25, 0.3) is 11.6 Å². The molecule has 0 spiro atoms. The van der Waals surface area contributed by atoms with E-state index in [1.807, 2.05) is 0 Å². The summed E-state index contributed by atoms with van der Waals surface area (Å²) in [6.07, 6.45) is 6.66. The Kier molecular flexibility index (Phi) is 38.2. The Hall–Kier alpha value is -9.93. The Morgan fingerprint density at radius 2 is 0.364 bits per heavy atom. The van der Waals surface area contributed by atoms with Crippen molar-refractivity contribution in [1.82, 2.24) is 19.9 Å². The van der Waals surface area contributed by atoms with E-state index in [1.54, 1.807) is 36.9 Å². The van der Waals surface area contributed by atoms with Crippen molar-refractivity contribution in [1.29, 1.82) is 0 Å². The molecule has 24 heteroatoms. The molecule has 0 aliphatic rings. The van der Waals surface area contributed by atoms with Crippen molar-refractivity contribution in [3.05, 3.63) is 377 Å². The molecule has 0 N–H and O–H groups in total. The number of rotatable bonds is 17. The number of ether oxygens (including phenoxy) is 2. The standard InChI is InChI=1S/2C36H28OP2.C8H6N4.2C3H6O.2BF4.2Cu/c2*1-5-17-29(18-6-1)38(30-19-7-2-8-20-30)35-27-15-13-25-33(35)37-34-26-14-16-28-36(34)39(31-21-9-3-10-22-31)32-23-11-4-12-24-32;1-3-9-7(10-4-1)8-11-5-2-6-12-8;2*1-3(2)4;2*2-1(3,4)5;;/h2*1-28H;1-6H;2*1-2H3;;;;/q;;;;;2*-1;2*+1/p+4. The van der Waals surface area contributed by atoms with Gasteiger partial charge in [-0.1, -0.05) is 194 Å². The molecule has 2 heterocycles. The number of ketones is 2. The minimum Gasteiger partial charge on any atom is -0.449 e. The van der Waals surface area contributed by atoms with Crippen LogP contribution < -0.4 is 73.1 Å². The van der Waals surface area contributed by atoms with Gasteiger partial charge in [-0.15, -0.1) is 0 Å². The first-order chi connectivity index (χ1) is 52.2. The number of carbonyl (C=O) groups excluding carboxylic acids is 2. The van der Waals surface area contributed by atoms with E-state index in [4.69, 9.17) is 9.47 Å². The van der Waals surface area contributed by atoms with Crippen LogP contribution in [0.3, 0.4) is 0 Å². The molecule has 12 aromatic carbocycles. The average molecular weight is 1660 g/mol. The number of benzene rings is 12. The fraction of sp³-hybridized carbons (Fsp3) is 0.0465. The normalized spacial score (nSPS) is 10.4. The molecule has 0 bridgehead atoms. The molecule has 0 amide bonds. The largest absolute Gasteiger partial charge is 1.00 e. The summed E-state index contributed by atoms with van der Waals surface area (Å²) >= 11 is 0. The molecule has 0 atom stereocenters. The first-order valence-electron chi connectivity index (χ1n) is 34.1. The summed E-state index contributed by atoms with van der Waals surface area (Å²) in [6, 6.07) is 125. The van der Waals surface area contributed by atoms with Gasteiger partial charge >= 0.3 is 48.6 Å². The Labute approximate surface area is 663 Å². The molecule has 566 valence electrons. The van der Waals surface area contributed by atoms with Crippen LogP contribution in [0.4, 0.5) is 34.5 Å². The minimum atomic E-state index is -6.00. The number of Topliss-reactive ketones (excluding diaryl/α,β-unsaturated/α-hetero) is 2. The van der Waals surface area contributed by atoms with Crippen molar-refractivity contribution in [2.75, 3.05) is 0 Å². The van der Waals surface area contributed by atoms with E-state index in [1.165, 1.54) is 91.3 Å². The van der Waals surface area contributed by atoms with Gasteiger partial charge in [0.2, 0.25) is 0 Å². The molecule has 8 nitrogen and oxygen atoms in total. The van der Waals surface area contributed by atoms with Crippen molar-refractivity contribution < 1.29 is 87.7 Å². The molecule has 0 saturated heterocycles. The van der Waals surface area contributed by atoms with Crippen molar-refractivity contribution in [3.63, 3.8) is 0 Å². The van der Waals surface area contributed by atoms with E-state index in [0.29, 0.717) is 11.6 Å². The van der Waals surface area contributed by atoms with Gasteiger partial charge in [-0.3, -0.25) is 0 Å². The van der Waals surface area contributed by atoms with Gasteiger partial charge in [-0.2, -0.15) is 0 Å². The van der Waals surface area contributed by atoms with Crippen LogP contribution in [0.5, 0.6) is 23.0 Å². The molecular weight excluding hydrogens is 1580 g/mol. The van der Waals surface area contributed by atoms with Gasteiger partial charge in [-0.25, -0.2) is 19.9 Å². The number of para-hydroxylation sites is 4. The summed E-state index contributed by atoms with van der Waals surface area (Å²) in [4.78, 5) is 34.9. The van der Waals surface area contributed by atoms with Crippen LogP contribution >= 0.6 is 31.7 Å². The molecule has 0 saturated carbocycles. The molecule has 0 fully saturated rings. The van der Waals surface area contributed by atoms with Crippen LogP contribution in [0.15, 0.2) is 377 Å². The molecule has 110 heavy (non-hydrogen) atoms. The predicted octanol–water partition coefficient (Wildman–Crippen LogP) is 17.6. The molecular formula is C86H78B2Cu2F8N4O4P4+4. The number of aromatic nitrogens is 4. The van der Waals surface area contributed by atoms with Gasteiger partial charge in [0, 0.05) is 24.8 Å². The maximum atomic E-state index is 9.75. The second-order valence-corrected chi connectivity index (χ2v) is 33.3. The molecule has 0 aliphatic carbocycles. The Balaban J connectivity index is 0.000000247. The van der Waals surface area contributed by atoms with Gasteiger partial charge in [0.25, 0.3) is 0 Å². The van der Waals surface area contributed by atoms with Crippen molar-refractivity contribution >= 4 is 121 Å². The fourth-order valence-corrected chi connectivity index (χ4v) is 21.5. The third kappa shape index (κ3) is 30.5. The van der Waals surface area contributed by atoms with Crippen LogP contribution in [0, 0.1) is 0 Å². The quantitative estimate of drug-likeness (QED) is 0.0504. The van der Waals surface area contributed by atoms with E-state index in [9.17, 15) is 44.1 Å². The van der Waals surface area contributed by atoms with E-state index in [-0.39, 0.29) is 45.7 Å². The third-order valence-electron chi connectivity index (χ3n) is 14.9. The zero-order chi connectivity index (χ0) is 76.9. The summed E-state index contributed by atoms with van der Waals surface area (Å²) < 4.78 is 91.9. The third-order valence-corrected chi connectivity index (χ3v) is 26.0. The SMILES string of the molecule is CC(C)=O.CC(C)=O.F[B-](F)(F)F.F[B-](F)(F)F.[Cu+].[Cu+].c1ccc([PH+](c2ccccc2)c2ccccc2Oc2ccccc2[PH+](c2ccccc2)c2ccccc2)cc1.c1ccc([PH+](c2ccccc2)c2ccccc2Oc2ccccc2[PH+](c2ccccc2)c2ccccc2)cc1.c1cnc(-c2ncccn2)nc1. The molecule has 14 aromatic rings. The van der Waals surface area contributed by atoms with Crippen LogP contribution in [0.1, 0.15) is 27.7 Å². The number of nitrogens with zero attached hydrogens (tertiary/aromatic N) is 4. The fourth-order valence-electron chi connectivity index (χ4n) is 10.9. The summed E-state index contributed by atoms with van der Waals surface area (Å²) in [5, 5.41) is 15.8. The van der Waals surface area contributed by atoms with Gasteiger partial charge in [-0.05, 0) is 185 Å². The second kappa shape index (κ2) is 47.2. The summed E-state index contributed by atoms with van der Waals surface area (Å²) in [6.45, 7) is 6.11. The van der Waals surface area contributed by atoms with Crippen LogP contribution in [0.2, 0.25) is 0 Å². The van der Waals surface area contributed by atoms with Crippen molar-refractivity contribution in [2.45, 2.75) is 27.7 Å². The van der Waals surface area contributed by atoms with Gasteiger partial charge < -0.3 is 53.6 Å². The predicted molar refractivity (Wildman–Crippen MR) is 442 cm³/mol. The van der Waals surface area contributed by atoms with Crippen molar-refractivity contribution in [3.8, 4) is 34.6 Å². The smallest absolute Gasteiger partial charge is 0.449 e. The topological polar surface area (TPSA) is 104 Å². The van der Waals surface area contributed by atoms with E-state index in [2.05, 4.69) is 360 Å². The minimum absolute atomic E-state index is 0. The summed E-state index contributed by atoms with van der Waals surface area (Å²) in [5.74, 6) is 5.14. The maximum Gasteiger partial charge on any atom is 1.00 e. The number of halogens is 8. The van der Waals surface area contributed by atoms with Crippen molar-refractivity contribution in [2.24, 2.45) is 0 Å². The average Bonchev–Trinajstić information content (AvgIpc) is 0.792. The van der Waals surface area contributed by atoms with E-state index in [0.717, 1.165) is 23.0 Å². The second-order valence-electron chi connectivity index (χ2n) is 23.6. The van der Waals surface area contributed by atoms with Crippen LogP contribution in [-0.4, -0.2) is 46.0 Å². The summed E-state index contributed by atoms with van der Waals surface area (Å²) in [5.41, 5.74) is 0. The zero-order valence-electron chi connectivity index (χ0n) is 60.0. The number of hydrogen-bond acceptors (Lipinski definition) is 8. The Morgan fingerprint density at radius 3 is 0.509 bits per heavy atom.